The Morgan fingerprint density at radius 1 is 0.914 bits per heavy atom. The molecule has 4 atom stereocenters. The number of nitrogens with zero attached hydrogens (tertiary/aromatic N) is 1. The van der Waals surface area contributed by atoms with Crippen LogP contribution in [0.2, 0.25) is 0 Å². The minimum Gasteiger partial charge on any atom is -0.368 e. The van der Waals surface area contributed by atoms with Gasteiger partial charge in [0.2, 0.25) is 5.91 Å². The van der Waals surface area contributed by atoms with Gasteiger partial charge in [-0.3, -0.25) is 9.59 Å². The third-order valence-corrected chi connectivity index (χ3v) is 6.40. The fraction of sp³-hybridized carbons (Fsp3) is 0.417. The fourth-order valence-corrected chi connectivity index (χ4v) is 4.73. The molecule has 2 aliphatic rings. The lowest BCUT2D eigenvalue weighted by Crippen LogP contribution is -2.46. The Hall–Kier alpha value is -2.95. The van der Waals surface area contributed by atoms with Crippen LogP contribution in [0.25, 0.3) is 0 Å². The van der Waals surface area contributed by atoms with Gasteiger partial charge in [0.25, 0.3) is 0 Å². The zero-order chi connectivity index (χ0) is 25.7. The number of ether oxygens (including phenoxy) is 1. The van der Waals surface area contributed by atoms with Gasteiger partial charge in [0.15, 0.2) is 5.78 Å². The Morgan fingerprint density at radius 3 is 2.03 bits per heavy atom. The van der Waals surface area contributed by atoms with Gasteiger partial charge in [-0.2, -0.15) is 26.3 Å². The topological polar surface area (TPSA) is 46.6 Å². The Morgan fingerprint density at radius 2 is 1.49 bits per heavy atom. The molecular formula is C24H20F7NO3. The number of piperidine rings is 1. The molecule has 2 fully saturated rings. The average molecular weight is 503 g/mol. The first-order valence-electron chi connectivity index (χ1n) is 10.8. The number of hydrogen-bond acceptors (Lipinski definition) is 3. The van der Waals surface area contributed by atoms with Crippen molar-refractivity contribution in [2.75, 3.05) is 6.54 Å². The molecule has 0 bridgehead atoms. The molecule has 2 heterocycles. The van der Waals surface area contributed by atoms with Gasteiger partial charge in [-0.05, 0) is 48.4 Å². The Labute approximate surface area is 195 Å². The third-order valence-electron chi connectivity index (χ3n) is 6.40. The van der Waals surface area contributed by atoms with Crippen LogP contribution in [-0.2, 0) is 26.7 Å². The number of Topliss-reactive ketones (excluding diaryl/α,β-unsaturated/α-hetero) is 1. The van der Waals surface area contributed by atoms with E-state index in [-0.39, 0.29) is 42.7 Å². The first-order chi connectivity index (χ1) is 16.3. The van der Waals surface area contributed by atoms with E-state index in [1.807, 2.05) is 0 Å². The van der Waals surface area contributed by atoms with Crippen molar-refractivity contribution in [1.82, 2.24) is 4.90 Å². The quantitative estimate of drug-likeness (QED) is 0.506. The highest BCUT2D eigenvalue weighted by molar-refractivity contribution is 5.96. The van der Waals surface area contributed by atoms with E-state index >= 15 is 0 Å². The van der Waals surface area contributed by atoms with Crippen molar-refractivity contribution in [2.45, 2.75) is 56.3 Å². The zero-order valence-corrected chi connectivity index (χ0v) is 18.3. The standard InChI is InChI=1S/C24H20F7NO3/c1-12(14-8-15(23(26,27)28)10-16(9-14)24(29,30)31)35-19-11-32-20(34)7-6-18(33)22(32)21(19)13-2-4-17(25)5-3-13/h2-5,8-10,12,19,21-22H,6-7,11H2,1H3/t12-,19+,21-,22+/m1/s1. The van der Waals surface area contributed by atoms with E-state index in [1.54, 1.807) is 0 Å². The number of benzene rings is 2. The van der Waals surface area contributed by atoms with E-state index in [2.05, 4.69) is 0 Å². The highest BCUT2D eigenvalue weighted by atomic mass is 19.4. The Balaban J connectivity index is 1.70. The van der Waals surface area contributed by atoms with Crippen molar-refractivity contribution in [3.63, 3.8) is 0 Å². The maximum Gasteiger partial charge on any atom is 0.416 e. The van der Waals surface area contributed by atoms with Crippen molar-refractivity contribution in [3.05, 3.63) is 70.5 Å². The average Bonchev–Trinajstić information content (AvgIpc) is 3.15. The van der Waals surface area contributed by atoms with Crippen molar-refractivity contribution in [2.24, 2.45) is 0 Å². The molecule has 2 aromatic rings. The summed E-state index contributed by atoms with van der Waals surface area (Å²) in [6, 6.07) is 5.46. The molecule has 0 N–H and O–H groups in total. The molecular weight excluding hydrogens is 483 g/mol. The van der Waals surface area contributed by atoms with Crippen molar-refractivity contribution in [1.29, 1.82) is 0 Å². The maximum atomic E-state index is 13.5. The van der Waals surface area contributed by atoms with Crippen LogP contribution >= 0.6 is 0 Å². The summed E-state index contributed by atoms with van der Waals surface area (Å²) in [6.07, 6.45) is -12.2. The summed E-state index contributed by atoms with van der Waals surface area (Å²) in [5, 5.41) is 0. The lowest BCUT2D eigenvalue weighted by Gasteiger charge is -2.31. The molecule has 2 aromatic carbocycles. The first kappa shape index (κ1) is 25.2. The molecule has 2 aliphatic heterocycles. The van der Waals surface area contributed by atoms with Crippen LogP contribution in [0, 0.1) is 5.82 Å². The molecule has 2 saturated heterocycles. The summed E-state index contributed by atoms with van der Waals surface area (Å²) >= 11 is 0. The molecule has 0 radical (unpaired) electrons. The van der Waals surface area contributed by atoms with E-state index in [0.29, 0.717) is 17.7 Å². The van der Waals surface area contributed by atoms with Crippen LogP contribution in [0.5, 0.6) is 0 Å². The van der Waals surface area contributed by atoms with Crippen LogP contribution < -0.4 is 0 Å². The van der Waals surface area contributed by atoms with Gasteiger partial charge in [0, 0.05) is 25.3 Å². The minimum atomic E-state index is -5.01. The lowest BCUT2D eigenvalue weighted by molar-refractivity contribution is -0.143. The summed E-state index contributed by atoms with van der Waals surface area (Å²) in [6.45, 7) is 1.23. The minimum absolute atomic E-state index is 0.00252. The zero-order valence-electron chi connectivity index (χ0n) is 18.3. The van der Waals surface area contributed by atoms with E-state index < -0.39 is 53.5 Å². The summed E-state index contributed by atoms with van der Waals surface area (Å²) in [5.41, 5.74) is -2.82. The molecule has 35 heavy (non-hydrogen) atoms. The molecule has 0 saturated carbocycles. The van der Waals surface area contributed by atoms with E-state index in [0.717, 1.165) is 12.1 Å². The third kappa shape index (κ3) is 5.05. The number of hydrogen-bond donors (Lipinski definition) is 0. The van der Waals surface area contributed by atoms with E-state index in [4.69, 9.17) is 4.74 Å². The Bertz CT molecular complexity index is 1100. The normalized spacial score (nSPS) is 24.0. The lowest BCUT2D eigenvalue weighted by atomic mass is 9.85. The summed E-state index contributed by atoms with van der Waals surface area (Å²) in [7, 11) is 0. The van der Waals surface area contributed by atoms with Gasteiger partial charge < -0.3 is 9.64 Å². The number of rotatable bonds is 4. The molecule has 1 amide bonds. The predicted molar refractivity (Wildman–Crippen MR) is 109 cm³/mol. The molecule has 11 heteroatoms. The van der Waals surface area contributed by atoms with Gasteiger partial charge in [0.1, 0.15) is 5.82 Å². The summed E-state index contributed by atoms with van der Waals surface area (Å²) in [5.74, 6) is -1.85. The largest absolute Gasteiger partial charge is 0.416 e. The van der Waals surface area contributed by atoms with Crippen molar-refractivity contribution >= 4 is 11.7 Å². The predicted octanol–water partition coefficient (Wildman–Crippen LogP) is 5.67. The Kier molecular flexibility index (Phi) is 6.41. The molecule has 188 valence electrons. The molecule has 0 spiro atoms. The summed E-state index contributed by atoms with van der Waals surface area (Å²) < 4.78 is 99.2. The number of amides is 1. The number of alkyl halides is 6. The second-order valence-electron chi connectivity index (χ2n) is 8.69. The number of carbonyl (C=O) groups is 2. The molecule has 4 rings (SSSR count). The van der Waals surface area contributed by atoms with Crippen LogP contribution in [0.1, 0.15) is 54.0 Å². The van der Waals surface area contributed by atoms with E-state index in [9.17, 15) is 40.3 Å². The van der Waals surface area contributed by atoms with E-state index in [1.165, 1.54) is 24.0 Å². The van der Waals surface area contributed by atoms with Crippen LogP contribution in [0.15, 0.2) is 42.5 Å². The second-order valence-corrected chi connectivity index (χ2v) is 8.69. The van der Waals surface area contributed by atoms with Gasteiger partial charge in [-0.1, -0.05) is 12.1 Å². The number of ketones is 1. The highest BCUT2D eigenvalue weighted by Crippen LogP contribution is 2.42. The second kappa shape index (κ2) is 8.92. The van der Waals surface area contributed by atoms with Crippen LogP contribution in [0.4, 0.5) is 30.7 Å². The van der Waals surface area contributed by atoms with Crippen molar-refractivity contribution in [3.8, 4) is 0 Å². The SMILES string of the molecule is C[C@@H](O[C@H]1CN2C(=O)CCC(=O)[C@H]2[C@@H]1c1ccc(F)cc1)c1cc(C(F)(F)F)cc(C(F)(F)F)c1. The van der Waals surface area contributed by atoms with Crippen molar-refractivity contribution < 1.29 is 45.1 Å². The van der Waals surface area contributed by atoms with Crippen LogP contribution in [-0.4, -0.2) is 35.3 Å². The fourth-order valence-electron chi connectivity index (χ4n) is 4.73. The van der Waals surface area contributed by atoms with Gasteiger partial charge in [-0.25, -0.2) is 4.39 Å². The molecule has 0 aliphatic carbocycles. The van der Waals surface area contributed by atoms with Gasteiger partial charge in [-0.15, -0.1) is 0 Å². The molecule has 4 nitrogen and oxygen atoms in total. The summed E-state index contributed by atoms with van der Waals surface area (Å²) in [4.78, 5) is 26.5. The monoisotopic (exact) mass is 503 g/mol. The van der Waals surface area contributed by atoms with Gasteiger partial charge in [0.05, 0.1) is 29.4 Å². The first-order valence-corrected chi connectivity index (χ1v) is 10.8. The number of fused-ring (bicyclic) bond motifs is 1. The smallest absolute Gasteiger partial charge is 0.368 e. The maximum absolute atomic E-state index is 13.5. The van der Waals surface area contributed by atoms with Gasteiger partial charge >= 0.3 is 12.4 Å². The molecule has 0 aromatic heterocycles. The highest BCUT2D eigenvalue weighted by Gasteiger charge is 2.51. The van der Waals surface area contributed by atoms with Crippen LogP contribution in [0.3, 0.4) is 0 Å². The molecule has 0 unspecified atom stereocenters. The number of halogens is 7. The number of carbonyl (C=O) groups excluding carboxylic acids is 2.